The summed E-state index contributed by atoms with van der Waals surface area (Å²) in [6, 6.07) is 8.51. The van der Waals surface area contributed by atoms with E-state index < -0.39 is 0 Å². The summed E-state index contributed by atoms with van der Waals surface area (Å²) in [7, 11) is 0. The predicted molar refractivity (Wildman–Crippen MR) is 80.9 cm³/mol. The predicted octanol–water partition coefficient (Wildman–Crippen LogP) is 4.34. The number of aromatic amines is 1. The molecule has 4 heteroatoms. The van der Waals surface area contributed by atoms with Crippen LogP contribution in [-0.2, 0) is 0 Å². The van der Waals surface area contributed by atoms with Crippen LogP contribution in [0.15, 0.2) is 29.3 Å². The van der Waals surface area contributed by atoms with Crippen LogP contribution >= 0.6 is 23.4 Å². The molecule has 0 aliphatic carbocycles. The van der Waals surface area contributed by atoms with Crippen LogP contribution in [0.25, 0.3) is 10.9 Å². The number of thioether (sulfide) groups is 1. The molecule has 1 aliphatic heterocycles. The first-order valence-electron chi connectivity index (χ1n) is 6.13. The minimum Gasteiger partial charge on any atom is -0.353 e. The van der Waals surface area contributed by atoms with Crippen LogP contribution in [0.4, 0.5) is 0 Å². The quantitative estimate of drug-likeness (QED) is 0.870. The fraction of sp³-hybridized carbons (Fsp3) is 0.357. The lowest BCUT2D eigenvalue weighted by Gasteiger charge is -2.07. The molecule has 1 atom stereocenters. The van der Waals surface area contributed by atoms with Crippen molar-refractivity contribution >= 4 is 39.3 Å². The van der Waals surface area contributed by atoms with Crippen LogP contribution in [0.2, 0.25) is 5.02 Å². The average molecular weight is 279 g/mol. The van der Waals surface area contributed by atoms with Crippen molar-refractivity contribution < 1.29 is 0 Å². The molecule has 1 N–H and O–H groups in total. The molecule has 0 spiro atoms. The summed E-state index contributed by atoms with van der Waals surface area (Å²) in [5.41, 5.74) is 2.19. The van der Waals surface area contributed by atoms with Crippen molar-refractivity contribution in [3.05, 3.63) is 35.0 Å². The third-order valence-corrected chi connectivity index (χ3v) is 4.60. The van der Waals surface area contributed by atoms with Crippen molar-refractivity contribution in [2.75, 3.05) is 5.75 Å². The van der Waals surface area contributed by atoms with Crippen molar-refractivity contribution in [3.8, 4) is 0 Å². The summed E-state index contributed by atoms with van der Waals surface area (Å²) in [5, 5.41) is 3.07. The summed E-state index contributed by atoms with van der Waals surface area (Å²) in [4.78, 5) is 8.19. The molecule has 1 unspecified atom stereocenters. The van der Waals surface area contributed by atoms with Crippen LogP contribution in [0.1, 0.15) is 19.5 Å². The maximum Gasteiger partial charge on any atom is 0.114 e. The number of hydrogen-bond acceptors (Lipinski definition) is 2. The van der Waals surface area contributed by atoms with Gasteiger partial charge in [-0.25, -0.2) is 0 Å². The maximum absolute atomic E-state index is 6.00. The largest absolute Gasteiger partial charge is 0.353 e. The van der Waals surface area contributed by atoms with Gasteiger partial charge >= 0.3 is 0 Å². The topological polar surface area (TPSA) is 28.1 Å². The molecule has 0 saturated carbocycles. The van der Waals surface area contributed by atoms with Gasteiger partial charge in [0, 0.05) is 21.7 Å². The molecule has 2 nitrogen and oxygen atoms in total. The van der Waals surface area contributed by atoms with Gasteiger partial charge in [0.25, 0.3) is 0 Å². The minimum atomic E-state index is 0.444. The van der Waals surface area contributed by atoms with E-state index in [4.69, 9.17) is 16.6 Å². The lowest BCUT2D eigenvalue weighted by molar-refractivity contribution is 0.543. The SMILES string of the molecule is CC(C)C1CSC(c2cc3ccc(Cl)cc3[nH]2)=N1. The standard InChI is InChI=1S/C14H15ClN2S/c1-8(2)13-7-18-14(17-13)12-5-9-3-4-10(15)6-11(9)16-12/h3-6,8,13,16H,7H2,1-2H3. The third kappa shape index (κ3) is 2.17. The van der Waals surface area contributed by atoms with E-state index >= 15 is 0 Å². The molecule has 0 radical (unpaired) electrons. The third-order valence-electron chi connectivity index (χ3n) is 3.26. The van der Waals surface area contributed by atoms with Gasteiger partial charge in [0.15, 0.2) is 0 Å². The number of H-pyrrole nitrogens is 1. The Kier molecular flexibility index (Phi) is 3.12. The number of fused-ring (bicyclic) bond motifs is 1. The number of halogens is 1. The van der Waals surface area contributed by atoms with Gasteiger partial charge in [-0.15, -0.1) is 11.8 Å². The van der Waals surface area contributed by atoms with E-state index in [1.807, 2.05) is 30.0 Å². The van der Waals surface area contributed by atoms with Gasteiger partial charge in [-0.1, -0.05) is 31.5 Å². The van der Waals surface area contributed by atoms with E-state index in [1.54, 1.807) is 0 Å². The van der Waals surface area contributed by atoms with E-state index in [2.05, 4.69) is 24.9 Å². The van der Waals surface area contributed by atoms with Crippen molar-refractivity contribution in [1.29, 1.82) is 0 Å². The average Bonchev–Trinajstić information content (AvgIpc) is 2.93. The highest BCUT2D eigenvalue weighted by Crippen LogP contribution is 2.29. The second-order valence-electron chi connectivity index (χ2n) is 4.97. The van der Waals surface area contributed by atoms with Crippen molar-refractivity contribution in [3.63, 3.8) is 0 Å². The lowest BCUT2D eigenvalue weighted by atomic mass is 10.1. The highest BCUT2D eigenvalue weighted by atomic mass is 35.5. The van der Waals surface area contributed by atoms with Gasteiger partial charge < -0.3 is 4.98 Å². The van der Waals surface area contributed by atoms with Crippen LogP contribution < -0.4 is 0 Å². The van der Waals surface area contributed by atoms with Crippen molar-refractivity contribution in [2.45, 2.75) is 19.9 Å². The zero-order valence-electron chi connectivity index (χ0n) is 10.4. The van der Waals surface area contributed by atoms with Gasteiger partial charge in [-0.05, 0) is 24.1 Å². The van der Waals surface area contributed by atoms with E-state index in [0.717, 1.165) is 27.0 Å². The number of aliphatic imine (C=N–C) groups is 1. The fourth-order valence-corrected chi connectivity index (χ4v) is 3.53. The fourth-order valence-electron chi connectivity index (χ4n) is 2.09. The van der Waals surface area contributed by atoms with Crippen LogP contribution in [0.5, 0.6) is 0 Å². The molecule has 0 amide bonds. The molecule has 2 heterocycles. The van der Waals surface area contributed by atoms with Crippen molar-refractivity contribution in [1.82, 2.24) is 4.98 Å². The first-order chi connectivity index (χ1) is 8.63. The zero-order valence-corrected chi connectivity index (χ0v) is 12.0. The molecule has 18 heavy (non-hydrogen) atoms. The molecule has 0 saturated heterocycles. The first-order valence-corrected chi connectivity index (χ1v) is 7.49. The van der Waals surface area contributed by atoms with Gasteiger partial charge in [0.2, 0.25) is 0 Å². The van der Waals surface area contributed by atoms with Crippen LogP contribution in [0.3, 0.4) is 0 Å². The monoisotopic (exact) mass is 278 g/mol. The number of nitrogens with zero attached hydrogens (tertiary/aromatic N) is 1. The molecular formula is C14H15ClN2S. The van der Waals surface area contributed by atoms with E-state index in [-0.39, 0.29) is 0 Å². The number of rotatable bonds is 2. The molecule has 1 aromatic carbocycles. The van der Waals surface area contributed by atoms with E-state index in [0.29, 0.717) is 12.0 Å². The smallest absolute Gasteiger partial charge is 0.114 e. The molecule has 3 rings (SSSR count). The van der Waals surface area contributed by atoms with E-state index in [9.17, 15) is 0 Å². The lowest BCUT2D eigenvalue weighted by Crippen LogP contribution is -2.11. The Hall–Kier alpha value is -0.930. The Morgan fingerprint density at radius 2 is 2.22 bits per heavy atom. The van der Waals surface area contributed by atoms with Crippen LogP contribution in [-0.4, -0.2) is 21.8 Å². The first kappa shape index (κ1) is 12.1. The molecule has 0 fully saturated rings. The molecular weight excluding hydrogens is 264 g/mol. The summed E-state index contributed by atoms with van der Waals surface area (Å²) in [6.45, 7) is 4.45. The van der Waals surface area contributed by atoms with Gasteiger partial charge in [-0.2, -0.15) is 0 Å². The molecule has 94 valence electrons. The number of nitrogens with one attached hydrogen (secondary N) is 1. The number of hydrogen-bond donors (Lipinski definition) is 1. The second kappa shape index (κ2) is 4.63. The second-order valence-corrected chi connectivity index (χ2v) is 6.42. The minimum absolute atomic E-state index is 0.444. The van der Waals surface area contributed by atoms with Gasteiger partial charge in [-0.3, -0.25) is 4.99 Å². The highest BCUT2D eigenvalue weighted by Gasteiger charge is 2.22. The normalized spacial score (nSPS) is 19.8. The Morgan fingerprint density at radius 1 is 1.39 bits per heavy atom. The summed E-state index contributed by atoms with van der Waals surface area (Å²) >= 11 is 7.83. The molecule has 2 aromatic rings. The molecule has 1 aliphatic rings. The number of benzene rings is 1. The summed E-state index contributed by atoms with van der Waals surface area (Å²) in [5.74, 6) is 1.69. The Labute approximate surface area is 116 Å². The highest BCUT2D eigenvalue weighted by molar-refractivity contribution is 8.14. The van der Waals surface area contributed by atoms with Crippen molar-refractivity contribution in [2.24, 2.45) is 10.9 Å². The Morgan fingerprint density at radius 3 is 2.94 bits per heavy atom. The molecule has 1 aromatic heterocycles. The Balaban J connectivity index is 1.98. The maximum atomic E-state index is 6.00. The number of aromatic nitrogens is 1. The van der Waals surface area contributed by atoms with Crippen LogP contribution in [0, 0.1) is 5.92 Å². The van der Waals surface area contributed by atoms with Gasteiger partial charge in [0.05, 0.1) is 11.7 Å². The van der Waals surface area contributed by atoms with Gasteiger partial charge in [0.1, 0.15) is 5.04 Å². The van der Waals surface area contributed by atoms with E-state index in [1.165, 1.54) is 5.39 Å². The summed E-state index contributed by atoms with van der Waals surface area (Å²) in [6.07, 6.45) is 0. The Bertz CT molecular complexity index is 615. The summed E-state index contributed by atoms with van der Waals surface area (Å²) < 4.78 is 0. The molecule has 0 bridgehead atoms. The zero-order chi connectivity index (χ0) is 12.7.